The zero-order valence-electron chi connectivity index (χ0n) is 27.3. The quantitative estimate of drug-likeness (QED) is 0.190. The van der Waals surface area contributed by atoms with Crippen molar-refractivity contribution in [2.75, 3.05) is 0 Å². The molecule has 4 heteroatoms. The first-order chi connectivity index (χ1) is 25.3. The molecule has 0 saturated carbocycles. The predicted molar refractivity (Wildman–Crippen MR) is 208 cm³/mol. The summed E-state index contributed by atoms with van der Waals surface area (Å²) < 4.78 is 6.61. The molecule has 0 unspecified atom stereocenters. The lowest BCUT2D eigenvalue weighted by molar-refractivity contribution is 0.669. The van der Waals surface area contributed by atoms with Crippen molar-refractivity contribution in [2.45, 2.75) is 0 Å². The summed E-state index contributed by atoms with van der Waals surface area (Å²) in [6.45, 7) is 0. The summed E-state index contributed by atoms with van der Waals surface area (Å²) >= 11 is 0. The van der Waals surface area contributed by atoms with Crippen LogP contribution < -0.4 is 0 Å². The lowest BCUT2D eigenvalue weighted by atomic mass is 9.93. The van der Waals surface area contributed by atoms with Gasteiger partial charge < -0.3 is 4.42 Å². The number of hydrogen-bond donors (Lipinski definition) is 0. The molecule has 11 rings (SSSR count). The fraction of sp³-hybridized carbons (Fsp3) is 0. The van der Waals surface area contributed by atoms with Gasteiger partial charge in [0.15, 0.2) is 17.5 Å². The number of furan rings is 1. The Morgan fingerprint density at radius 1 is 0.314 bits per heavy atom. The lowest BCUT2D eigenvalue weighted by Gasteiger charge is -2.10. The van der Waals surface area contributed by atoms with Gasteiger partial charge in [0.2, 0.25) is 0 Å². The summed E-state index contributed by atoms with van der Waals surface area (Å²) in [7, 11) is 0. The Labute approximate surface area is 293 Å². The summed E-state index contributed by atoms with van der Waals surface area (Å²) in [5.74, 6) is 1.87. The average molecular weight is 650 g/mol. The van der Waals surface area contributed by atoms with E-state index in [1.807, 2.05) is 42.5 Å². The summed E-state index contributed by atoms with van der Waals surface area (Å²) in [4.78, 5) is 15.2. The van der Waals surface area contributed by atoms with E-state index >= 15 is 0 Å². The second-order valence-corrected chi connectivity index (χ2v) is 13.2. The SMILES string of the molecule is c1ccc(-c2nc(-c3ccc4ccccc4c3)nc(-c3cccc4oc5cc(-c6ccc7c8c(cccc68)-c6ccccc6-7)ccc5c34)n2)cc1. The molecular formula is C47H27N3O. The predicted octanol–water partition coefficient (Wildman–Crippen LogP) is 12.4. The van der Waals surface area contributed by atoms with Gasteiger partial charge in [-0.05, 0) is 79.2 Å². The fourth-order valence-electron chi connectivity index (χ4n) is 7.91. The summed E-state index contributed by atoms with van der Waals surface area (Å²) in [6, 6.07) is 57.4. The molecule has 0 N–H and O–H groups in total. The molecule has 0 spiro atoms. The lowest BCUT2D eigenvalue weighted by Crippen LogP contribution is -2.00. The van der Waals surface area contributed by atoms with E-state index in [1.54, 1.807) is 0 Å². The molecular weight excluding hydrogens is 623 g/mol. The molecule has 0 bridgehead atoms. The second-order valence-electron chi connectivity index (χ2n) is 13.2. The highest BCUT2D eigenvalue weighted by atomic mass is 16.3. The van der Waals surface area contributed by atoms with Crippen LogP contribution in [0.4, 0.5) is 0 Å². The first-order valence-corrected chi connectivity index (χ1v) is 17.2. The van der Waals surface area contributed by atoms with Gasteiger partial charge in [-0.3, -0.25) is 0 Å². The van der Waals surface area contributed by atoms with Crippen molar-refractivity contribution >= 4 is 43.5 Å². The van der Waals surface area contributed by atoms with Gasteiger partial charge in [0.25, 0.3) is 0 Å². The van der Waals surface area contributed by atoms with Crippen LogP contribution in [0.1, 0.15) is 0 Å². The standard InChI is InChI=1S/C47H27N3O/c1-2-11-29(12-3-1)45-48-46(32-21-20-28-10-4-5-13-30(28)26-32)50-47(49-45)40-18-9-19-41-44(40)39-23-22-31(27-42(39)51-41)33-24-25-38-35-15-7-6-14-34(35)37-17-8-16-36(33)43(37)38/h1-27H. The zero-order chi connectivity index (χ0) is 33.5. The van der Waals surface area contributed by atoms with E-state index in [1.165, 1.54) is 44.0 Å². The van der Waals surface area contributed by atoms with E-state index in [0.717, 1.165) is 49.6 Å². The summed E-state index contributed by atoms with van der Waals surface area (Å²) in [6.07, 6.45) is 0. The highest BCUT2D eigenvalue weighted by Gasteiger charge is 2.23. The minimum Gasteiger partial charge on any atom is -0.456 e. The Bertz CT molecular complexity index is 3000. The number of fused-ring (bicyclic) bond motifs is 7. The Hall–Kier alpha value is -6.91. The minimum absolute atomic E-state index is 0.608. The molecule has 2 aromatic heterocycles. The van der Waals surface area contributed by atoms with Gasteiger partial charge in [-0.1, -0.05) is 140 Å². The molecule has 8 aromatic carbocycles. The van der Waals surface area contributed by atoms with Crippen molar-refractivity contribution in [1.82, 2.24) is 15.0 Å². The van der Waals surface area contributed by atoms with Crippen LogP contribution in [0.3, 0.4) is 0 Å². The van der Waals surface area contributed by atoms with Crippen molar-refractivity contribution in [3.8, 4) is 67.5 Å². The van der Waals surface area contributed by atoms with E-state index in [4.69, 9.17) is 19.4 Å². The van der Waals surface area contributed by atoms with Crippen LogP contribution in [0, 0.1) is 0 Å². The van der Waals surface area contributed by atoms with Crippen LogP contribution in [0.2, 0.25) is 0 Å². The normalized spacial score (nSPS) is 11.9. The zero-order valence-corrected chi connectivity index (χ0v) is 27.3. The maximum absolute atomic E-state index is 6.61. The Morgan fingerprint density at radius 2 is 0.961 bits per heavy atom. The van der Waals surface area contributed by atoms with E-state index in [9.17, 15) is 0 Å². The second kappa shape index (κ2) is 10.8. The molecule has 0 fully saturated rings. The van der Waals surface area contributed by atoms with Crippen molar-refractivity contribution in [3.63, 3.8) is 0 Å². The third-order valence-corrected chi connectivity index (χ3v) is 10.3. The first kappa shape index (κ1) is 28.0. The van der Waals surface area contributed by atoms with Gasteiger partial charge in [-0.2, -0.15) is 0 Å². The first-order valence-electron chi connectivity index (χ1n) is 17.2. The maximum atomic E-state index is 6.61. The molecule has 1 aliphatic carbocycles. The van der Waals surface area contributed by atoms with Gasteiger partial charge in [-0.15, -0.1) is 0 Å². The number of hydrogen-bond acceptors (Lipinski definition) is 4. The topological polar surface area (TPSA) is 51.8 Å². The van der Waals surface area contributed by atoms with E-state index in [0.29, 0.717) is 17.5 Å². The maximum Gasteiger partial charge on any atom is 0.164 e. The highest BCUT2D eigenvalue weighted by molar-refractivity contribution is 6.19. The molecule has 0 amide bonds. The molecule has 0 atom stereocenters. The molecule has 0 aliphatic heterocycles. The Balaban J connectivity index is 1.08. The van der Waals surface area contributed by atoms with Gasteiger partial charge in [0.1, 0.15) is 11.2 Å². The fourth-order valence-corrected chi connectivity index (χ4v) is 7.91. The Morgan fingerprint density at radius 3 is 1.82 bits per heavy atom. The van der Waals surface area contributed by atoms with Crippen LogP contribution in [0.25, 0.3) is 111 Å². The van der Waals surface area contributed by atoms with Crippen LogP contribution >= 0.6 is 0 Å². The number of nitrogens with zero attached hydrogens (tertiary/aromatic N) is 3. The van der Waals surface area contributed by atoms with E-state index < -0.39 is 0 Å². The minimum atomic E-state index is 0.608. The molecule has 1 aliphatic rings. The number of rotatable bonds is 4. The third kappa shape index (κ3) is 4.30. The molecule has 0 radical (unpaired) electrons. The Kier molecular flexibility index (Phi) is 5.92. The van der Waals surface area contributed by atoms with Gasteiger partial charge in [-0.25, -0.2) is 15.0 Å². The number of aromatic nitrogens is 3. The monoisotopic (exact) mass is 649 g/mol. The van der Waals surface area contributed by atoms with E-state index in [-0.39, 0.29) is 0 Å². The van der Waals surface area contributed by atoms with Gasteiger partial charge in [0, 0.05) is 27.5 Å². The van der Waals surface area contributed by atoms with E-state index in [2.05, 4.69) is 121 Å². The van der Waals surface area contributed by atoms with Crippen molar-refractivity contribution in [3.05, 3.63) is 164 Å². The van der Waals surface area contributed by atoms with Crippen LogP contribution in [-0.2, 0) is 0 Å². The van der Waals surface area contributed by atoms with Crippen molar-refractivity contribution < 1.29 is 4.42 Å². The molecule has 4 nitrogen and oxygen atoms in total. The van der Waals surface area contributed by atoms with Gasteiger partial charge in [0.05, 0.1) is 0 Å². The summed E-state index contributed by atoms with van der Waals surface area (Å²) in [5.41, 5.74) is 11.9. The van der Waals surface area contributed by atoms with Crippen molar-refractivity contribution in [2.24, 2.45) is 0 Å². The average Bonchev–Trinajstić information content (AvgIpc) is 3.74. The molecule has 10 aromatic rings. The summed E-state index contributed by atoms with van der Waals surface area (Å²) in [5, 5.41) is 6.89. The highest BCUT2D eigenvalue weighted by Crippen LogP contribution is 2.49. The molecule has 236 valence electrons. The molecule has 51 heavy (non-hydrogen) atoms. The largest absolute Gasteiger partial charge is 0.456 e. The van der Waals surface area contributed by atoms with Crippen molar-refractivity contribution in [1.29, 1.82) is 0 Å². The third-order valence-electron chi connectivity index (χ3n) is 10.3. The smallest absolute Gasteiger partial charge is 0.164 e. The van der Waals surface area contributed by atoms with Crippen LogP contribution in [0.5, 0.6) is 0 Å². The molecule has 0 saturated heterocycles. The van der Waals surface area contributed by atoms with Crippen LogP contribution in [0.15, 0.2) is 168 Å². The van der Waals surface area contributed by atoms with Crippen LogP contribution in [-0.4, -0.2) is 15.0 Å². The molecule has 2 heterocycles. The number of benzene rings is 8. The van der Waals surface area contributed by atoms with Gasteiger partial charge >= 0.3 is 0 Å².